The van der Waals surface area contributed by atoms with Crippen molar-refractivity contribution in [2.75, 3.05) is 0 Å². The number of nitrogens with zero attached hydrogens (tertiary/aromatic N) is 1. The smallest absolute Gasteiger partial charge is 0.274 e. The lowest BCUT2D eigenvalue weighted by atomic mass is 9.99. The minimum absolute atomic E-state index is 0.0272. The summed E-state index contributed by atoms with van der Waals surface area (Å²) in [7, 11) is 0. The van der Waals surface area contributed by atoms with Gasteiger partial charge in [-0.15, -0.1) is 0 Å². The lowest BCUT2D eigenvalue weighted by Crippen LogP contribution is -1.98. The normalized spacial score (nSPS) is 11.0. The molecular weight excluding hydrogens is 458 g/mol. The molecule has 2 rings (SSSR count). The first-order valence-electron chi connectivity index (χ1n) is 7.44. The fraction of sp³-hybridized carbons (Fsp3) is 0.294. The van der Waals surface area contributed by atoms with Crippen molar-refractivity contribution in [3.05, 3.63) is 53.9 Å². The van der Waals surface area contributed by atoms with Crippen LogP contribution in [0.2, 0.25) is 0 Å². The first kappa shape index (κ1) is 19.7. The fourth-order valence-corrected chi connectivity index (χ4v) is 3.65. The molecule has 0 aromatic heterocycles. The maximum Gasteiger partial charge on any atom is 0.274 e. The van der Waals surface area contributed by atoms with Crippen molar-refractivity contribution in [3.63, 3.8) is 0 Å². The molecule has 0 atom stereocenters. The Kier molecular flexibility index (Phi) is 6.08. The molecule has 25 heavy (non-hydrogen) atoms. The van der Waals surface area contributed by atoms with Crippen LogP contribution >= 0.6 is 31.9 Å². The molecule has 0 radical (unpaired) electrons. The van der Waals surface area contributed by atoms with Crippen LogP contribution in [0, 0.1) is 17.0 Å². The number of hydrogen-bond donors (Lipinski definition) is 2. The molecule has 8 heteroatoms. The first-order valence-corrected chi connectivity index (χ1v) is 9.03. The van der Waals surface area contributed by atoms with E-state index in [-0.39, 0.29) is 24.0 Å². The number of aromatic hydroxyl groups is 1. The number of rotatable bonds is 5. The number of ether oxygens (including phenoxy) is 1. The minimum Gasteiger partial charge on any atom is -0.507 e. The second-order valence-electron chi connectivity index (χ2n) is 5.84. The minimum atomic E-state index is -0.462. The standard InChI is InChI=1S/C17H17Br2NO5/c1-8(2)12-5-11(4-10(7-21)16(12)22)25-17-13(18)6-14(20(23)24)9(3)15(17)19/h4-6,8,21-22H,7H2,1-3H3. The van der Waals surface area contributed by atoms with E-state index in [1.165, 1.54) is 12.1 Å². The second-order valence-corrected chi connectivity index (χ2v) is 7.49. The van der Waals surface area contributed by atoms with Crippen LogP contribution in [0.25, 0.3) is 0 Å². The highest BCUT2D eigenvalue weighted by Gasteiger charge is 2.22. The molecule has 0 saturated heterocycles. The van der Waals surface area contributed by atoms with Crippen LogP contribution in [-0.4, -0.2) is 15.1 Å². The third-order valence-electron chi connectivity index (χ3n) is 3.79. The molecule has 0 amide bonds. The van der Waals surface area contributed by atoms with Crippen molar-refractivity contribution in [2.24, 2.45) is 0 Å². The number of nitro benzene ring substituents is 1. The number of benzene rings is 2. The van der Waals surface area contributed by atoms with Gasteiger partial charge in [-0.25, -0.2) is 0 Å². The number of aliphatic hydroxyl groups excluding tert-OH is 1. The van der Waals surface area contributed by atoms with Gasteiger partial charge in [0.15, 0.2) is 5.75 Å². The van der Waals surface area contributed by atoms with E-state index in [9.17, 15) is 20.3 Å². The van der Waals surface area contributed by atoms with Gasteiger partial charge in [-0.3, -0.25) is 10.1 Å². The Morgan fingerprint density at radius 1 is 1.28 bits per heavy atom. The van der Waals surface area contributed by atoms with E-state index in [0.29, 0.717) is 37.1 Å². The van der Waals surface area contributed by atoms with Crippen molar-refractivity contribution in [3.8, 4) is 17.2 Å². The van der Waals surface area contributed by atoms with Crippen LogP contribution < -0.4 is 4.74 Å². The quantitative estimate of drug-likeness (QED) is 0.438. The zero-order valence-electron chi connectivity index (χ0n) is 13.8. The van der Waals surface area contributed by atoms with Gasteiger partial charge in [-0.2, -0.15) is 0 Å². The molecule has 2 aromatic rings. The van der Waals surface area contributed by atoms with Gasteiger partial charge in [0.1, 0.15) is 11.5 Å². The number of aliphatic hydroxyl groups is 1. The second kappa shape index (κ2) is 7.72. The largest absolute Gasteiger partial charge is 0.507 e. The SMILES string of the molecule is Cc1c([N+](=O)[O-])cc(Br)c(Oc2cc(CO)c(O)c(C(C)C)c2)c1Br. The van der Waals surface area contributed by atoms with Crippen molar-refractivity contribution < 1.29 is 19.9 Å². The lowest BCUT2D eigenvalue weighted by Gasteiger charge is -2.17. The molecule has 0 heterocycles. The van der Waals surface area contributed by atoms with Crippen molar-refractivity contribution in [1.82, 2.24) is 0 Å². The molecule has 0 aliphatic carbocycles. The molecule has 2 aromatic carbocycles. The third kappa shape index (κ3) is 3.96. The average Bonchev–Trinajstić information content (AvgIpc) is 2.55. The summed E-state index contributed by atoms with van der Waals surface area (Å²) in [6, 6.07) is 4.61. The summed E-state index contributed by atoms with van der Waals surface area (Å²) >= 11 is 6.64. The van der Waals surface area contributed by atoms with E-state index in [4.69, 9.17) is 4.74 Å². The molecule has 0 aliphatic rings. The number of hydrogen-bond acceptors (Lipinski definition) is 5. The highest BCUT2D eigenvalue weighted by Crippen LogP contribution is 2.44. The van der Waals surface area contributed by atoms with Crippen molar-refractivity contribution in [2.45, 2.75) is 33.3 Å². The van der Waals surface area contributed by atoms with Gasteiger partial charge in [0, 0.05) is 22.8 Å². The van der Waals surface area contributed by atoms with E-state index in [2.05, 4.69) is 31.9 Å². The van der Waals surface area contributed by atoms with Gasteiger partial charge in [0.2, 0.25) is 0 Å². The summed E-state index contributed by atoms with van der Waals surface area (Å²) in [5.41, 5.74) is 1.41. The molecule has 134 valence electrons. The Hall–Kier alpha value is -1.64. The van der Waals surface area contributed by atoms with Crippen LogP contribution in [0.1, 0.15) is 36.5 Å². The number of phenols is 1. The molecule has 0 unspecified atom stereocenters. The Morgan fingerprint density at radius 2 is 1.92 bits per heavy atom. The third-order valence-corrected chi connectivity index (χ3v) is 5.34. The van der Waals surface area contributed by atoms with Gasteiger partial charge >= 0.3 is 0 Å². The van der Waals surface area contributed by atoms with Crippen molar-refractivity contribution >= 4 is 37.5 Å². The molecular formula is C17H17Br2NO5. The summed E-state index contributed by atoms with van der Waals surface area (Å²) in [4.78, 5) is 10.6. The number of halogens is 2. The Labute approximate surface area is 161 Å². The predicted octanol–water partition coefficient (Wildman–Crippen LogP) is 5.54. The summed E-state index contributed by atoms with van der Waals surface area (Å²) in [6.07, 6.45) is 0. The Morgan fingerprint density at radius 3 is 2.44 bits per heavy atom. The maximum absolute atomic E-state index is 11.1. The Bertz CT molecular complexity index is 837. The molecule has 0 spiro atoms. The molecule has 6 nitrogen and oxygen atoms in total. The zero-order chi connectivity index (χ0) is 18.9. The van der Waals surface area contributed by atoms with Crippen LogP contribution in [0.5, 0.6) is 17.2 Å². The lowest BCUT2D eigenvalue weighted by molar-refractivity contribution is -0.385. The maximum atomic E-state index is 11.1. The van der Waals surface area contributed by atoms with E-state index >= 15 is 0 Å². The predicted molar refractivity (Wildman–Crippen MR) is 101 cm³/mol. The topological polar surface area (TPSA) is 92.8 Å². The van der Waals surface area contributed by atoms with Gasteiger partial charge in [0.05, 0.1) is 20.5 Å². The summed E-state index contributed by atoms with van der Waals surface area (Å²) in [5, 5.41) is 30.8. The average molecular weight is 475 g/mol. The summed E-state index contributed by atoms with van der Waals surface area (Å²) in [5.74, 6) is 0.870. The molecule has 0 aliphatic heterocycles. The molecule has 0 bridgehead atoms. The first-order chi connectivity index (χ1) is 11.7. The van der Waals surface area contributed by atoms with Gasteiger partial charge in [0.25, 0.3) is 5.69 Å². The van der Waals surface area contributed by atoms with Gasteiger partial charge in [-0.1, -0.05) is 13.8 Å². The summed E-state index contributed by atoms with van der Waals surface area (Å²) < 4.78 is 6.78. The fourth-order valence-electron chi connectivity index (χ4n) is 2.39. The van der Waals surface area contributed by atoms with Crippen LogP contribution in [-0.2, 0) is 6.61 Å². The Balaban J connectivity index is 2.55. The van der Waals surface area contributed by atoms with E-state index < -0.39 is 4.92 Å². The molecule has 2 N–H and O–H groups in total. The zero-order valence-corrected chi connectivity index (χ0v) is 17.0. The van der Waals surface area contributed by atoms with Crippen LogP contribution in [0.4, 0.5) is 5.69 Å². The highest BCUT2D eigenvalue weighted by atomic mass is 79.9. The van der Waals surface area contributed by atoms with E-state index in [0.717, 1.165) is 0 Å². The van der Waals surface area contributed by atoms with Crippen molar-refractivity contribution in [1.29, 1.82) is 0 Å². The molecule has 0 fully saturated rings. The van der Waals surface area contributed by atoms with Gasteiger partial charge in [-0.05, 0) is 56.8 Å². The monoisotopic (exact) mass is 473 g/mol. The number of nitro groups is 1. The molecule has 0 saturated carbocycles. The van der Waals surface area contributed by atoms with E-state index in [1.807, 2.05) is 13.8 Å². The summed E-state index contributed by atoms with van der Waals surface area (Å²) in [6.45, 7) is 5.13. The van der Waals surface area contributed by atoms with Crippen LogP contribution in [0.15, 0.2) is 27.1 Å². The highest BCUT2D eigenvalue weighted by molar-refractivity contribution is 9.11. The van der Waals surface area contributed by atoms with E-state index in [1.54, 1.807) is 13.0 Å². The van der Waals surface area contributed by atoms with Crippen LogP contribution in [0.3, 0.4) is 0 Å². The van der Waals surface area contributed by atoms with Gasteiger partial charge < -0.3 is 14.9 Å².